The first-order valence-corrected chi connectivity index (χ1v) is 11.9. The predicted octanol–water partition coefficient (Wildman–Crippen LogP) is 7.67. The third-order valence-corrected chi connectivity index (χ3v) is 7.52. The molecule has 0 saturated carbocycles. The minimum atomic E-state index is 0.120. The molecule has 156 valence electrons. The van der Waals surface area contributed by atoms with Crippen LogP contribution in [0, 0.1) is 0 Å². The van der Waals surface area contributed by atoms with Gasteiger partial charge in [0.25, 0.3) is 0 Å². The topological polar surface area (TPSA) is 3.88 Å². The maximum Gasteiger partial charge on any atom is 0.213 e. The number of hydrogen-bond acceptors (Lipinski definition) is 0. The van der Waals surface area contributed by atoms with E-state index in [1.165, 1.54) is 52.8 Å². The fraction of sp³-hybridized carbons (Fsp3) is 0.414. The van der Waals surface area contributed by atoms with Gasteiger partial charge in [-0.05, 0) is 35.6 Å². The molecule has 0 aliphatic carbocycles. The Morgan fingerprint density at radius 2 is 1.53 bits per heavy atom. The molecule has 0 radical (unpaired) electrons. The van der Waals surface area contributed by atoms with Crippen molar-refractivity contribution >= 4 is 0 Å². The molecule has 0 saturated heterocycles. The zero-order valence-electron chi connectivity index (χ0n) is 19.1. The highest BCUT2D eigenvalue weighted by Crippen LogP contribution is 2.45. The lowest BCUT2D eigenvalue weighted by molar-refractivity contribution is -0.761. The second-order valence-electron chi connectivity index (χ2n) is 8.91. The van der Waals surface area contributed by atoms with Crippen molar-refractivity contribution in [2.45, 2.75) is 77.7 Å². The number of hydrogen-bond donors (Lipinski definition) is 0. The fourth-order valence-electron chi connectivity index (χ4n) is 5.63. The van der Waals surface area contributed by atoms with E-state index in [1.807, 2.05) is 0 Å². The summed E-state index contributed by atoms with van der Waals surface area (Å²) in [6.45, 7) is 9.44. The summed E-state index contributed by atoms with van der Waals surface area (Å²) < 4.78 is 2.64. The summed E-state index contributed by atoms with van der Waals surface area (Å²) in [7, 11) is 0. The van der Waals surface area contributed by atoms with Crippen LogP contribution in [-0.2, 0) is 12.0 Å². The first-order valence-electron chi connectivity index (χ1n) is 11.9. The predicted molar refractivity (Wildman–Crippen MR) is 128 cm³/mol. The first kappa shape index (κ1) is 20.8. The fourth-order valence-corrected chi connectivity index (χ4v) is 5.63. The van der Waals surface area contributed by atoms with E-state index in [1.54, 1.807) is 0 Å². The van der Waals surface area contributed by atoms with Crippen LogP contribution in [-0.4, -0.2) is 0 Å². The molecule has 30 heavy (non-hydrogen) atoms. The van der Waals surface area contributed by atoms with E-state index in [0.717, 1.165) is 19.3 Å². The summed E-state index contributed by atoms with van der Waals surface area (Å²) in [6, 6.07) is 22.6. The summed E-state index contributed by atoms with van der Waals surface area (Å²) in [5.41, 5.74) is 8.69. The molecule has 1 aromatic heterocycles. The minimum Gasteiger partial charge on any atom is -0.192 e. The number of rotatable bonds is 7. The second-order valence-corrected chi connectivity index (χ2v) is 8.91. The van der Waals surface area contributed by atoms with Gasteiger partial charge in [0.2, 0.25) is 5.69 Å². The smallest absolute Gasteiger partial charge is 0.192 e. The highest BCUT2D eigenvalue weighted by molar-refractivity contribution is 5.71. The van der Waals surface area contributed by atoms with Gasteiger partial charge in [0.15, 0.2) is 11.7 Å². The van der Waals surface area contributed by atoms with Crippen molar-refractivity contribution in [3.8, 4) is 22.4 Å². The molecule has 0 fully saturated rings. The van der Waals surface area contributed by atoms with Crippen LogP contribution in [0.3, 0.4) is 0 Å². The molecule has 1 aliphatic rings. The zero-order chi connectivity index (χ0) is 21.1. The Labute approximate surface area is 182 Å². The van der Waals surface area contributed by atoms with E-state index < -0.39 is 0 Å². The van der Waals surface area contributed by atoms with E-state index in [2.05, 4.69) is 99.1 Å². The van der Waals surface area contributed by atoms with Crippen molar-refractivity contribution in [2.75, 3.05) is 0 Å². The third kappa shape index (κ3) is 3.39. The number of aromatic nitrogens is 1. The molecule has 4 rings (SSSR count). The van der Waals surface area contributed by atoms with Gasteiger partial charge in [0.1, 0.15) is 0 Å². The van der Waals surface area contributed by atoms with Crippen molar-refractivity contribution in [1.29, 1.82) is 0 Å². The Bertz CT molecular complexity index is 998. The first-order chi connectivity index (χ1) is 14.7. The average molecular weight is 399 g/mol. The number of pyridine rings is 1. The molecule has 0 spiro atoms. The molecule has 0 bridgehead atoms. The summed E-state index contributed by atoms with van der Waals surface area (Å²) in [5, 5.41) is 0. The molecule has 2 heterocycles. The Kier molecular flexibility index (Phi) is 6.09. The summed E-state index contributed by atoms with van der Waals surface area (Å²) in [4.78, 5) is 0. The Hall–Kier alpha value is -2.41. The van der Waals surface area contributed by atoms with Gasteiger partial charge >= 0.3 is 0 Å². The average Bonchev–Trinajstić information content (AvgIpc) is 2.80. The maximum absolute atomic E-state index is 2.64. The molecule has 1 heteroatoms. The summed E-state index contributed by atoms with van der Waals surface area (Å²) in [6.07, 6.45) is 9.72. The van der Waals surface area contributed by atoms with E-state index in [4.69, 9.17) is 0 Å². The van der Waals surface area contributed by atoms with Crippen LogP contribution in [0.5, 0.6) is 0 Å². The molecular weight excluding hydrogens is 362 g/mol. The highest BCUT2D eigenvalue weighted by atomic mass is 15.1. The largest absolute Gasteiger partial charge is 0.213 e. The van der Waals surface area contributed by atoms with Gasteiger partial charge in [0.05, 0.1) is 0 Å². The number of aryl methyl sites for hydroxylation is 1. The number of nitrogens with zero attached hydrogens (tertiary/aromatic N) is 1. The van der Waals surface area contributed by atoms with Gasteiger partial charge in [-0.2, -0.15) is 4.57 Å². The van der Waals surface area contributed by atoms with Crippen molar-refractivity contribution in [3.63, 3.8) is 0 Å². The van der Waals surface area contributed by atoms with Gasteiger partial charge in [-0.15, -0.1) is 0 Å². The number of fused-ring (bicyclic) bond motifs is 3. The summed E-state index contributed by atoms with van der Waals surface area (Å²) >= 11 is 0. The van der Waals surface area contributed by atoms with Crippen LogP contribution in [0.4, 0.5) is 0 Å². The quantitative estimate of drug-likeness (QED) is 0.284. The molecule has 1 aliphatic heterocycles. The molecule has 3 aromatic rings. The molecule has 1 nitrogen and oxygen atoms in total. The molecule has 1 atom stereocenters. The van der Waals surface area contributed by atoms with Crippen LogP contribution in [0.15, 0.2) is 66.9 Å². The monoisotopic (exact) mass is 398 g/mol. The Morgan fingerprint density at radius 3 is 2.23 bits per heavy atom. The van der Waals surface area contributed by atoms with Crippen molar-refractivity contribution in [3.05, 3.63) is 78.0 Å². The molecule has 1 unspecified atom stereocenters. The zero-order valence-corrected chi connectivity index (χ0v) is 19.1. The lowest BCUT2D eigenvalue weighted by atomic mass is 9.71. The van der Waals surface area contributed by atoms with Gasteiger partial charge in [-0.3, -0.25) is 0 Å². The molecule has 0 N–H and O–H groups in total. The molecular formula is C29H36N+. The lowest BCUT2D eigenvalue weighted by Gasteiger charge is -2.38. The number of benzene rings is 2. The van der Waals surface area contributed by atoms with Crippen LogP contribution < -0.4 is 4.57 Å². The minimum absolute atomic E-state index is 0.120. The second kappa shape index (κ2) is 8.76. The van der Waals surface area contributed by atoms with Crippen molar-refractivity contribution in [1.82, 2.24) is 0 Å². The molecule has 0 amide bonds. The van der Waals surface area contributed by atoms with Crippen LogP contribution in [0.1, 0.15) is 76.8 Å². The highest BCUT2D eigenvalue weighted by Gasteiger charge is 2.49. The Balaban J connectivity index is 1.99. The SMILES string of the molecule is CCCCCc1cc2[n+](cc1-c1ccccc1)C(CC)(CC)C(C)c1ccccc1-2. The van der Waals surface area contributed by atoms with Gasteiger partial charge in [-0.1, -0.05) is 89.1 Å². The van der Waals surface area contributed by atoms with Crippen LogP contribution in [0.25, 0.3) is 22.4 Å². The lowest BCUT2D eigenvalue weighted by Crippen LogP contribution is -2.61. The van der Waals surface area contributed by atoms with Crippen molar-refractivity contribution in [2.24, 2.45) is 0 Å². The standard InChI is InChI=1S/C29H36N/c1-5-8-10-17-24-20-28-26-19-14-13-18-25(26)22(4)29(6-2,7-3)30(28)21-27(24)23-15-11-9-12-16-23/h9,11-16,18-22H,5-8,10,17H2,1-4H3/q+1. The Morgan fingerprint density at radius 1 is 0.833 bits per heavy atom. The van der Waals surface area contributed by atoms with Crippen molar-refractivity contribution < 1.29 is 4.57 Å². The molecule has 2 aromatic carbocycles. The van der Waals surface area contributed by atoms with E-state index in [9.17, 15) is 0 Å². The van der Waals surface area contributed by atoms with Gasteiger partial charge in [-0.25, -0.2) is 0 Å². The van der Waals surface area contributed by atoms with E-state index >= 15 is 0 Å². The maximum atomic E-state index is 2.64. The van der Waals surface area contributed by atoms with Gasteiger partial charge in [0, 0.05) is 36.0 Å². The third-order valence-electron chi connectivity index (χ3n) is 7.52. The van der Waals surface area contributed by atoms with Crippen LogP contribution >= 0.6 is 0 Å². The van der Waals surface area contributed by atoms with Gasteiger partial charge < -0.3 is 0 Å². The summed E-state index contributed by atoms with van der Waals surface area (Å²) in [5.74, 6) is 0.496. The number of unbranched alkanes of at least 4 members (excludes halogenated alkanes) is 2. The van der Waals surface area contributed by atoms with E-state index in [0.29, 0.717) is 5.92 Å². The van der Waals surface area contributed by atoms with Crippen LogP contribution in [0.2, 0.25) is 0 Å². The normalized spacial score (nSPS) is 16.7. The van der Waals surface area contributed by atoms with E-state index in [-0.39, 0.29) is 5.54 Å².